The van der Waals surface area contributed by atoms with Crippen LogP contribution in [-0.4, -0.2) is 28.0 Å². The average molecular weight is 509 g/mol. The van der Waals surface area contributed by atoms with Crippen LogP contribution in [-0.2, 0) is 21.4 Å². The number of carbonyl (C=O) groups is 1. The Morgan fingerprint density at radius 1 is 0.971 bits per heavy atom. The molecule has 4 rings (SSSR count). The highest BCUT2D eigenvalue weighted by atomic mass is 35.5. The zero-order valence-electron chi connectivity index (χ0n) is 19.4. The average Bonchev–Trinajstić information content (AvgIpc) is 2.86. The van der Waals surface area contributed by atoms with Gasteiger partial charge in [-0.1, -0.05) is 71.8 Å². The smallest absolute Gasteiger partial charge is 0.264 e. The van der Waals surface area contributed by atoms with Gasteiger partial charge >= 0.3 is 0 Å². The number of hydrogen-bond donors (Lipinski definition) is 1. The molecule has 0 aliphatic heterocycles. The first kappa shape index (κ1) is 24.6. The number of amides is 1. The third-order valence-corrected chi connectivity index (χ3v) is 7.67. The Balaban J connectivity index is 1.65. The van der Waals surface area contributed by atoms with Gasteiger partial charge in [0.15, 0.2) is 0 Å². The molecule has 4 aromatic carbocycles. The highest BCUT2D eigenvalue weighted by Crippen LogP contribution is 2.34. The highest BCUT2D eigenvalue weighted by Gasteiger charge is 2.29. The molecule has 1 N–H and O–H groups in total. The van der Waals surface area contributed by atoms with E-state index in [2.05, 4.69) is 5.32 Å². The minimum Gasteiger partial charge on any atom is -0.495 e. The lowest BCUT2D eigenvalue weighted by atomic mass is 10.0. The molecule has 0 fully saturated rings. The number of halogens is 1. The molecule has 0 atom stereocenters. The van der Waals surface area contributed by atoms with Crippen molar-refractivity contribution in [2.24, 2.45) is 0 Å². The summed E-state index contributed by atoms with van der Waals surface area (Å²) < 4.78 is 33.7. The normalized spacial score (nSPS) is 11.3. The summed E-state index contributed by atoms with van der Waals surface area (Å²) in [4.78, 5) is 13.1. The number of methoxy groups -OCH3 is 1. The van der Waals surface area contributed by atoms with Crippen LogP contribution in [0.2, 0.25) is 5.02 Å². The fraction of sp³-hybridized carbons (Fsp3) is 0.148. The van der Waals surface area contributed by atoms with Crippen molar-refractivity contribution in [3.63, 3.8) is 0 Å². The van der Waals surface area contributed by atoms with Crippen LogP contribution < -0.4 is 14.4 Å². The Kier molecular flexibility index (Phi) is 7.28. The minimum atomic E-state index is -4.10. The lowest BCUT2D eigenvalue weighted by Crippen LogP contribution is -2.41. The van der Waals surface area contributed by atoms with Crippen LogP contribution in [0.4, 0.5) is 5.69 Å². The zero-order valence-corrected chi connectivity index (χ0v) is 20.9. The van der Waals surface area contributed by atoms with E-state index >= 15 is 0 Å². The Bertz CT molecular complexity index is 1470. The first-order valence-corrected chi connectivity index (χ1v) is 12.8. The minimum absolute atomic E-state index is 0.0620. The fourth-order valence-corrected chi connectivity index (χ4v) is 5.41. The van der Waals surface area contributed by atoms with E-state index in [4.69, 9.17) is 16.3 Å². The number of anilines is 1. The number of carbonyl (C=O) groups excluding carboxylic acids is 1. The summed E-state index contributed by atoms with van der Waals surface area (Å²) in [5.41, 5.74) is 2.04. The van der Waals surface area contributed by atoms with Crippen molar-refractivity contribution in [1.82, 2.24) is 5.32 Å². The van der Waals surface area contributed by atoms with Crippen LogP contribution in [0.25, 0.3) is 10.8 Å². The van der Waals surface area contributed by atoms with Gasteiger partial charge in [0, 0.05) is 11.6 Å². The summed E-state index contributed by atoms with van der Waals surface area (Å²) in [5, 5.41) is 5.26. The number of nitrogens with zero attached hydrogens (tertiary/aromatic N) is 1. The second-order valence-electron chi connectivity index (χ2n) is 8.06. The summed E-state index contributed by atoms with van der Waals surface area (Å²) in [5.74, 6) is -0.178. The highest BCUT2D eigenvalue weighted by molar-refractivity contribution is 7.92. The number of nitrogens with one attached hydrogen (secondary N) is 1. The summed E-state index contributed by atoms with van der Waals surface area (Å²) in [6.45, 7) is 1.68. The number of fused-ring (bicyclic) bond motifs is 1. The summed E-state index contributed by atoms with van der Waals surface area (Å²) >= 11 is 6.19. The third-order valence-electron chi connectivity index (χ3n) is 5.66. The van der Waals surface area contributed by atoms with E-state index in [9.17, 15) is 13.2 Å². The van der Waals surface area contributed by atoms with Crippen molar-refractivity contribution < 1.29 is 17.9 Å². The molecule has 0 spiro atoms. The summed E-state index contributed by atoms with van der Waals surface area (Å²) in [6, 6.07) is 24.8. The van der Waals surface area contributed by atoms with Crippen molar-refractivity contribution in [3.05, 3.63) is 101 Å². The van der Waals surface area contributed by atoms with Crippen LogP contribution >= 0.6 is 11.6 Å². The predicted molar refractivity (Wildman–Crippen MR) is 140 cm³/mol. The monoisotopic (exact) mass is 508 g/mol. The second-order valence-corrected chi connectivity index (χ2v) is 10.4. The maximum atomic E-state index is 13.7. The zero-order chi connectivity index (χ0) is 25.0. The maximum Gasteiger partial charge on any atom is 0.264 e. The number of benzene rings is 4. The molecule has 4 aromatic rings. The van der Waals surface area contributed by atoms with E-state index in [0.29, 0.717) is 5.02 Å². The van der Waals surface area contributed by atoms with Gasteiger partial charge in [0.1, 0.15) is 12.3 Å². The van der Waals surface area contributed by atoms with Gasteiger partial charge in [0.25, 0.3) is 10.0 Å². The molecule has 0 saturated heterocycles. The van der Waals surface area contributed by atoms with E-state index in [-0.39, 0.29) is 22.9 Å². The van der Waals surface area contributed by atoms with E-state index in [1.54, 1.807) is 24.3 Å². The lowest BCUT2D eigenvalue weighted by Gasteiger charge is -2.26. The molecule has 35 heavy (non-hydrogen) atoms. The summed E-state index contributed by atoms with van der Waals surface area (Å²) in [7, 11) is -2.66. The van der Waals surface area contributed by atoms with Crippen LogP contribution in [0.1, 0.15) is 11.1 Å². The van der Waals surface area contributed by atoms with Crippen molar-refractivity contribution in [2.75, 3.05) is 18.0 Å². The molecule has 0 bridgehead atoms. The molecule has 8 heteroatoms. The van der Waals surface area contributed by atoms with Crippen molar-refractivity contribution in [2.45, 2.75) is 18.4 Å². The first-order chi connectivity index (χ1) is 16.8. The van der Waals surface area contributed by atoms with E-state index in [1.807, 2.05) is 49.4 Å². The number of ether oxygens (including phenoxy) is 1. The van der Waals surface area contributed by atoms with Crippen LogP contribution in [0, 0.1) is 6.92 Å². The molecule has 0 unspecified atom stereocenters. The Labute approximate surface area is 210 Å². The summed E-state index contributed by atoms with van der Waals surface area (Å²) in [6.07, 6.45) is 0. The largest absolute Gasteiger partial charge is 0.495 e. The van der Waals surface area contributed by atoms with Gasteiger partial charge in [0.05, 0.1) is 17.7 Å². The van der Waals surface area contributed by atoms with Crippen molar-refractivity contribution >= 4 is 44.0 Å². The Morgan fingerprint density at radius 3 is 2.43 bits per heavy atom. The Hall–Kier alpha value is -3.55. The lowest BCUT2D eigenvalue weighted by molar-refractivity contribution is -0.119. The maximum absolute atomic E-state index is 13.7. The van der Waals surface area contributed by atoms with Crippen LogP contribution in [0.3, 0.4) is 0 Å². The molecule has 0 radical (unpaired) electrons. The quantitative estimate of drug-likeness (QED) is 0.349. The molecule has 0 aliphatic carbocycles. The topological polar surface area (TPSA) is 75.7 Å². The second kappa shape index (κ2) is 10.4. The number of aryl methyl sites for hydroxylation is 1. The number of hydrogen-bond acceptors (Lipinski definition) is 4. The van der Waals surface area contributed by atoms with Crippen molar-refractivity contribution in [1.29, 1.82) is 0 Å². The molecule has 0 saturated carbocycles. The SMILES string of the molecule is COc1ccc(Cl)cc1N(CC(=O)NCc1cccc2ccccc12)S(=O)(=O)c1ccc(C)cc1. The molecule has 0 aliphatic rings. The Morgan fingerprint density at radius 2 is 1.69 bits per heavy atom. The van der Waals surface area contributed by atoms with Gasteiger partial charge in [-0.15, -0.1) is 0 Å². The third kappa shape index (κ3) is 5.42. The van der Waals surface area contributed by atoms with Gasteiger partial charge in [-0.05, 0) is 53.6 Å². The van der Waals surface area contributed by atoms with Gasteiger partial charge in [-0.25, -0.2) is 8.42 Å². The molecule has 0 heterocycles. The number of sulfonamides is 1. The molecular weight excluding hydrogens is 484 g/mol. The predicted octanol–water partition coefficient (Wildman–Crippen LogP) is 5.32. The molecular formula is C27H25ClN2O4S. The molecule has 1 amide bonds. The molecule has 180 valence electrons. The van der Waals surface area contributed by atoms with Crippen LogP contribution in [0.15, 0.2) is 89.8 Å². The standard InChI is InChI=1S/C27H25ClN2O4S/c1-19-10-13-23(14-11-19)35(32,33)30(25-16-22(28)12-15-26(25)34-2)18-27(31)29-17-21-8-5-7-20-6-3-4-9-24(20)21/h3-16H,17-18H2,1-2H3,(H,29,31). The first-order valence-electron chi connectivity index (χ1n) is 11.0. The van der Waals surface area contributed by atoms with E-state index < -0.39 is 22.5 Å². The van der Waals surface area contributed by atoms with Gasteiger partial charge < -0.3 is 10.1 Å². The van der Waals surface area contributed by atoms with E-state index in [1.165, 1.54) is 25.3 Å². The fourth-order valence-electron chi connectivity index (χ4n) is 3.82. The van der Waals surface area contributed by atoms with E-state index in [0.717, 1.165) is 26.2 Å². The van der Waals surface area contributed by atoms with Gasteiger partial charge in [-0.2, -0.15) is 0 Å². The molecule has 6 nitrogen and oxygen atoms in total. The van der Waals surface area contributed by atoms with Gasteiger partial charge in [0.2, 0.25) is 5.91 Å². The van der Waals surface area contributed by atoms with Crippen LogP contribution in [0.5, 0.6) is 5.75 Å². The number of rotatable bonds is 8. The van der Waals surface area contributed by atoms with Crippen molar-refractivity contribution in [3.8, 4) is 5.75 Å². The van der Waals surface area contributed by atoms with Gasteiger partial charge in [-0.3, -0.25) is 9.10 Å². The molecule has 0 aromatic heterocycles.